The highest BCUT2D eigenvalue weighted by Crippen LogP contribution is 2.39. The van der Waals surface area contributed by atoms with Gasteiger partial charge in [-0.2, -0.15) is 0 Å². The summed E-state index contributed by atoms with van der Waals surface area (Å²) in [6.07, 6.45) is 4.31. The lowest BCUT2D eigenvalue weighted by Crippen LogP contribution is -2.47. The zero-order valence-electron chi connectivity index (χ0n) is 10.2. The first-order chi connectivity index (χ1) is 8.65. The van der Waals surface area contributed by atoms with Crippen LogP contribution in [0, 0.1) is 10.1 Å². The minimum absolute atomic E-state index is 0.168. The van der Waals surface area contributed by atoms with E-state index in [-0.39, 0.29) is 16.7 Å². The van der Waals surface area contributed by atoms with E-state index in [0.717, 1.165) is 31.4 Å². The Morgan fingerprint density at radius 3 is 2.56 bits per heavy atom. The molecule has 0 saturated carbocycles. The second-order valence-electron chi connectivity index (χ2n) is 5.30. The molecule has 2 unspecified atom stereocenters. The normalized spacial score (nSPS) is 30.5. The number of nitrogens with zero attached hydrogens (tertiary/aromatic N) is 2. The molecular formula is C13H17N3O2. The molecule has 1 aromatic carbocycles. The number of non-ortho nitro benzene ring substituents is 1. The van der Waals surface area contributed by atoms with Gasteiger partial charge in [0, 0.05) is 35.9 Å². The first kappa shape index (κ1) is 11.5. The Morgan fingerprint density at radius 1 is 1.28 bits per heavy atom. The molecule has 2 saturated heterocycles. The van der Waals surface area contributed by atoms with Crippen LogP contribution in [0.5, 0.6) is 0 Å². The molecule has 0 aliphatic carbocycles. The predicted molar refractivity (Wildman–Crippen MR) is 69.6 cm³/mol. The lowest BCUT2D eigenvalue weighted by atomic mass is 9.97. The van der Waals surface area contributed by atoms with Crippen LogP contribution in [0.2, 0.25) is 0 Å². The van der Waals surface area contributed by atoms with Gasteiger partial charge < -0.3 is 10.6 Å². The Hall–Kier alpha value is -1.62. The van der Waals surface area contributed by atoms with Crippen molar-refractivity contribution in [2.45, 2.75) is 43.8 Å². The number of piperidine rings is 1. The van der Waals surface area contributed by atoms with Crippen molar-refractivity contribution in [1.82, 2.24) is 0 Å². The van der Waals surface area contributed by atoms with E-state index in [0.29, 0.717) is 12.1 Å². The summed E-state index contributed by atoms with van der Waals surface area (Å²) in [4.78, 5) is 12.8. The van der Waals surface area contributed by atoms with Gasteiger partial charge in [-0.05, 0) is 31.7 Å². The molecule has 2 atom stereocenters. The molecule has 0 aromatic heterocycles. The molecule has 0 spiro atoms. The Morgan fingerprint density at radius 2 is 1.94 bits per heavy atom. The molecule has 2 heterocycles. The summed E-state index contributed by atoms with van der Waals surface area (Å²) < 4.78 is 0. The van der Waals surface area contributed by atoms with Gasteiger partial charge in [0.05, 0.1) is 4.92 Å². The summed E-state index contributed by atoms with van der Waals surface area (Å²) in [7, 11) is 0. The molecular weight excluding hydrogens is 230 g/mol. The van der Waals surface area contributed by atoms with Gasteiger partial charge in [-0.3, -0.25) is 10.1 Å². The van der Waals surface area contributed by atoms with Crippen LogP contribution in [0.15, 0.2) is 24.3 Å². The molecule has 2 aliphatic heterocycles. The fourth-order valence-corrected chi connectivity index (χ4v) is 3.41. The first-order valence-corrected chi connectivity index (χ1v) is 6.43. The van der Waals surface area contributed by atoms with E-state index in [1.807, 2.05) is 6.07 Å². The van der Waals surface area contributed by atoms with Crippen LogP contribution in [-0.4, -0.2) is 23.0 Å². The summed E-state index contributed by atoms with van der Waals surface area (Å²) in [5.41, 5.74) is 7.18. The maximum Gasteiger partial charge on any atom is 0.271 e. The number of nitro benzene ring substituents is 1. The Bertz CT molecular complexity index is 463. The summed E-state index contributed by atoms with van der Waals surface area (Å²) in [6.45, 7) is 0. The molecule has 5 nitrogen and oxygen atoms in total. The van der Waals surface area contributed by atoms with E-state index < -0.39 is 0 Å². The van der Waals surface area contributed by atoms with Gasteiger partial charge in [-0.15, -0.1) is 0 Å². The second kappa shape index (κ2) is 4.24. The van der Waals surface area contributed by atoms with Crippen LogP contribution in [0.3, 0.4) is 0 Å². The van der Waals surface area contributed by atoms with Gasteiger partial charge in [0.2, 0.25) is 0 Å². The van der Waals surface area contributed by atoms with Crippen molar-refractivity contribution in [3.05, 3.63) is 34.4 Å². The number of fused-ring (bicyclic) bond motifs is 2. The Labute approximate surface area is 106 Å². The second-order valence-corrected chi connectivity index (χ2v) is 5.30. The molecule has 96 valence electrons. The molecule has 0 radical (unpaired) electrons. The molecule has 2 fully saturated rings. The third-order valence-electron chi connectivity index (χ3n) is 4.11. The van der Waals surface area contributed by atoms with Gasteiger partial charge in [-0.25, -0.2) is 0 Å². The molecule has 5 heteroatoms. The fourth-order valence-electron chi connectivity index (χ4n) is 3.41. The highest BCUT2D eigenvalue weighted by Gasteiger charge is 2.39. The summed E-state index contributed by atoms with van der Waals surface area (Å²) in [5, 5.41) is 10.8. The van der Waals surface area contributed by atoms with Gasteiger partial charge in [0.25, 0.3) is 5.69 Å². The van der Waals surface area contributed by atoms with E-state index >= 15 is 0 Å². The first-order valence-electron chi connectivity index (χ1n) is 6.43. The highest BCUT2D eigenvalue weighted by atomic mass is 16.6. The van der Waals surface area contributed by atoms with Crippen LogP contribution in [0.25, 0.3) is 0 Å². The molecule has 3 rings (SSSR count). The average molecular weight is 247 g/mol. The quantitative estimate of drug-likeness (QED) is 0.641. The average Bonchev–Trinajstić information content (AvgIpc) is 2.62. The lowest BCUT2D eigenvalue weighted by molar-refractivity contribution is -0.384. The molecule has 18 heavy (non-hydrogen) atoms. The number of anilines is 1. The minimum atomic E-state index is -0.332. The number of nitro groups is 1. The summed E-state index contributed by atoms with van der Waals surface area (Å²) >= 11 is 0. The van der Waals surface area contributed by atoms with E-state index in [4.69, 9.17) is 5.73 Å². The predicted octanol–water partition coefficient (Wildman–Crippen LogP) is 2.05. The van der Waals surface area contributed by atoms with Crippen molar-refractivity contribution in [1.29, 1.82) is 0 Å². The molecule has 1 aromatic rings. The molecule has 0 amide bonds. The molecule has 2 bridgehead atoms. The maximum absolute atomic E-state index is 10.8. The zero-order valence-corrected chi connectivity index (χ0v) is 10.2. The van der Waals surface area contributed by atoms with Crippen LogP contribution in [0.4, 0.5) is 11.4 Å². The SMILES string of the molecule is NC1CC2CCC(C1)N2c1cccc([N+](=O)[O-])c1. The molecule has 2 N–H and O–H groups in total. The number of hydrogen-bond acceptors (Lipinski definition) is 4. The van der Waals surface area contributed by atoms with Crippen LogP contribution < -0.4 is 10.6 Å². The monoisotopic (exact) mass is 247 g/mol. The van der Waals surface area contributed by atoms with Gasteiger partial charge in [-0.1, -0.05) is 6.07 Å². The van der Waals surface area contributed by atoms with Crippen molar-refractivity contribution < 1.29 is 4.92 Å². The highest BCUT2D eigenvalue weighted by molar-refractivity contribution is 5.56. The largest absolute Gasteiger partial charge is 0.365 e. The molecule has 2 aliphatic rings. The van der Waals surface area contributed by atoms with Crippen LogP contribution >= 0.6 is 0 Å². The Kier molecular flexibility index (Phi) is 2.70. The van der Waals surface area contributed by atoms with E-state index in [1.165, 1.54) is 0 Å². The number of hydrogen-bond donors (Lipinski definition) is 1. The maximum atomic E-state index is 10.8. The van der Waals surface area contributed by atoms with Gasteiger partial charge in [0.1, 0.15) is 0 Å². The zero-order chi connectivity index (χ0) is 12.7. The third kappa shape index (κ3) is 1.84. The van der Waals surface area contributed by atoms with Crippen molar-refractivity contribution >= 4 is 11.4 Å². The standard InChI is InChI=1S/C13H17N3O2/c14-9-6-11-4-5-12(7-9)15(11)10-2-1-3-13(8-10)16(17)18/h1-3,8-9,11-12H,4-7,14H2. The number of rotatable bonds is 2. The Balaban J connectivity index is 1.91. The van der Waals surface area contributed by atoms with E-state index in [9.17, 15) is 10.1 Å². The van der Waals surface area contributed by atoms with Gasteiger partial charge in [0.15, 0.2) is 0 Å². The smallest absolute Gasteiger partial charge is 0.271 e. The number of nitrogens with two attached hydrogens (primary N) is 1. The van der Waals surface area contributed by atoms with Crippen molar-refractivity contribution in [3.63, 3.8) is 0 Å². The van der Waals surface area contributed by atoms with Gasteiger partial charge >= 0.3 is 0 Å². The van der Waals surface area contributed by atoms with Crippen molar-refractivity contribution in [3.8, 4) is 0 Å². The summed E-state index contributed by atoms with van der Waals surface area (Å²) in [6, 6.07) is 8.17. The fraction of sp³-hybridized carbons (Fsp3) is 0.538. The van der Waals surface area contributed by atoms with E-state index in [2.05, 4.69) is 4.90 Å². The van der Waals surface area contributed by atoms with Crippen LogP contribution in [-0.2, 0) is 0 Å². The van der Waals surface area contributed by atoms with Crippen molar-refractivity contribution in [2.75, 3.05) is 4.90 Å². The van der Waals surface area contributed by atoms with Crippen molar-refractivity contribution in [2.24, 2.45) is 5.73 Å². The van der Waals surface area contributed by atoms with E-state index in [1.54, 1.807) is 18.2 Å². The van der Waals surface area contributed by atoms with Crippen LogP contribution in [0.1, 0.15) is 25.7 Å². The summed E-state index contributed by atoms with van der Waals surface area (Å²) in [5.74, 6) is 0. The lowest BCUT2D eigenvalue weighted by Gasteiger charge is -2.39. The number of benzene rings is 1. The third-order valence-corrected chi connectivity index (χ3v) is 4.11. The minimum Gasteiger partial charge on any atom is -0.365 e. The topological polar surface area (TPSA) is 72.4 Å².